The number of nitrogens with zero attached hydrogens (tertiary/aromatic N) is 2. The number of carboxylic acid groups (broad SMARTS) is 1. The second-order valence-corrected chi connectivity index (χ2v) is 7.74. The highest BCUT2D eigenvalue weighted by Gasteiger charge is 2.30. The summed E-state index contributed by atoms with van der Waals surface area (Å²) >= 11 is 12.7. The molecule has 0 unspecified atom stereocenters. The smallest absolute Gasteiger partial charge is 0.341 e. The van der Waals surface area contributed by atoms with Crippen LogP contribution in [0.1, 0.15) is 10.4 Å². The van der Waals surface area contributed by atoms with Gasteiger partial charge >= 0.3 is 5.97 Å². The van der Waals surface area contributed by atoms with Crippen molar-refractivity contribution in [3.05, 3.63) is 61.9 Å². The number of aromatic carboxylic acids is 1. The van der Waals surface area contributed by atoms with Crippen LogP contribution < -0.4 is 21.8 Å². The second kappa shape index (κ2) is 7.12. The Morgan fingerprint density at radius 1 is 1.17 bits per heavy atom. The predicted molar refractivity (Wildman–Crippen MR) is 111 cm³/mol. The highest BCUT2D eigenvalue weighted by molar-refractivity contribution is 6.38. The Bertz CT molecular complexity index is 1290. The molecule has 0 amide bonds. The maximum atomic E-state index is 14.9. The summed E-state index contributed by atoms with van der Waals surface area (Å²) < 4.78 is 29.9. The van der Waals surface area contributed by atoms with E-state index in [-0.39, 0.29) is 44.1 Å². The zero-order valence-corrected chi connectivity index (χ0v) is 16.6. The number of nitrogens with two attached hydrogens (primary N) is 2. The van der Waals surface area contributed by atoms with Crippen LogP contribution in [-0.4, -0.2) is 34.8 Å². The number of halogens is 4. The van der Waals surface area contributed by atoms with E-state index in [1.54, 1.807) is 4.90 Å². The summed E-state index contributed by atoms with van der Waals surface area (Å²) in [6.07, 6.45) is 1.00. The molecule has 0 spiro atoms. The minimum absolute atomic E-state index is 0.0106. The van der Waals surface area contributed by atoms with E-state index in [9.17, 15) is 23.5 Å². The number of carboxylic acids is 1. The topological polar surface area (TPSA) is 115 Å². The van der Waals surface area contributed by atoms with Crippen LogP contribution in [0.4, 0.5) is 20.2 Å². The third-order valence-electron chi connectivity index (χ3n) is 4.94. The third kappa shape index (κ3) is 3.06. The number of fused-ring (bicyclic) bond motifs is 1. The standard InChI is InChI=1S/C19H14Cl2F2N4O3/c20-10-2-11(22)13(25)3-14(10)27-6-9(19(29)30)18(28)8-1-12(23)17(15(21)16(8)27)26-4-7(24)5-26/h1-3,6-7H,4-5,24-25H2,(H,29,30). The van der Waals surface area contributed by atoms with Crippen molar-refractivity contribution in [1.82, 2.24) is 4.57 Å². The van der Waals surface area contributed by atoms with Gasteiger partial charge in [-0.3, -0.25) is 4.79 Å². The molecule has 0 saturated carbocycles. The van der Waals surface area contributed by atoms with Crippen molar-refractivity contribution in [2.24, 2.45) is 5.73 Å². The molecular weight excluding hydrogens is 441 g/mol. The van der Waals surface area contributed by atoms with Gasteiger partial charge in [-0.25, -0.2) is 13.6 Å². The number of aromatic nitrogens is 1. The van der Waals surface area contributed by atoms with E-state index < -0.39 is 28.6 Å². The largest absolute Gasteiger partial charge is 0.477 e. The molecular formula is C19H14Cl2F2N4O3. The molecule has 1 fully saturated rings. The first-order valence-corrected chi connectivity index (χ1v) is 9.41. The van der Waals surface area contributed by atoms with Crippen molar-refractivity contribution in [1.29, 1.82) is 0 Å². The number of carbonyl (C=O) groups is 1. The molecule has 3 aromatic rings. The first kappa shape index (κ1) is 20.4. The molecule has 2 heterocycles. The van der Waals surface area contributed by atoms with Crippen LogP contribution >= 0.6 is 23.2 Å². The molecule has 156 valence electrons. The van der Waals surface area contributed by atoms with Gasteiger partial charge in [0, 0.05) is 25.3 Å². The lowest BCUT2D eigenvalue weighted by molar-refractivity contribution is 0.0695. The summed E-state index contributed by atoms with van der Waals surface area (Å²) in [7, 11) is 0. The third-order valence-corrected chi connectivity index (χ3v) is 5.60. The van der Waals surface area contributed by atoms with Crippen molar-refractivity contribution in [2.45, 2.75) is 6.04 Å². The molecule has 5 N–H and O–H groups in total. The molecule has 1 saturated heterocycles. The van der Waals surface area contributed by atoms with E-state index >= 15 is 0 Å². The predicted octanol–water partition coefficient (Wildman–Crippen LogP) is 3.00. The summed E-state index contributed by atoms with van der Waals surface area (Å²) in [5, 5.41) is 8.92. The van der Waals surface area contributed by atoms with E-state index in [1.165, 1.54) is 10.6 Å². The summed E-state index contributed by atoms with van der Waals surface area (Å²) in [5.41, 5.74) is 9.70. The van der Waals surface area contributed by atoms with Gasteiger partial charge in [0.1, 0.15) is 17.2 Å². The van der Waals surface area contributed by atoms with Crippen LogP contribution in [0.2, 0.25) is 10.0 Å². The fourth-order valence-corrected chi connectivity index (χ4v) is 4.11. The van der Waals surface area contributed by atoms with Gasteiger partial charge < -0.3 is 26.0 Å². The average molecular weight is 455 g/mol. The number of hydrogen-bond acceptors (Lipinski definition) is 5. The number of benzene rings is 2. The Kier molecular flexibility index (Phi) is 4.84. The van der Waals surface area contributed by atoms with E-state index in [4.69, 9.17) is 34.7 Å². The van der Waals surface area contributed by atoms with Crippen LogP contribution in [0.25, 0.3) is 16.6 Å². The van der Waals surface area contributed by atoms with Gasteiger partial charge in [0.15, 0.2) is 0 Å². The Labute approximate surface area is 178 Å². The highest BCUT2D eigenvalue weighted by atomic mass is 35.5. The van der Waals surface area contributed by atoms with E-state index in [0.717, 1.165) is 18.3 Å². The summed E-state index contributed by atoms with van der Waals surface area (Å²) in [4.78, 5) is 25.9. The molecule has 0 bridgehead atoms. The van der Waals surface area contributed by atoms with Crippen LogP contribution in [0, 0.1) is 11.6 Å². The van der Waals surface area contributed by atoms with Gasteiger partial charge in [-0.1, -0.05) is 23.2 Å². The molecule has 1 aromatic heterocycles. The first-order chi connectivity index (χ1) is 14.1. The Balaban J connectivity index is 2.14. The SMILES string of the molecule is Nc1cc(-n2cc(C(=O)O)c(=O)c3cc(F)c(N4CC(N)C4)c(Cl)c32)c(Cl)cc1F. The summed E-state index contributed by atoms with van der Waals surface area (Å²) in [5.74, 6) is -3.11. The highest BCUT2D eigenvalue weighted by Crippen LogP contribution is 2.39. The molecule has 0 atom stereocenters. The van der Waals surface area contributed by atoms with Crippen LogP contribution in [0.5, 0.6) is 0 Å². The van der Waals surface area contributed by atoms with Gasteiger partial charge in [0.05, 0.1) is 38.0 Å². The minimum Gasteiger partial charge on any atom is -0.477 e. The Hall–Kier alpha value is -2.88. The number of nitrogen functional groups attached to an aromatic ring is 1. The molecule has 7 nitrogen and oxygen atoms in total. The quantitative estimate of drug-likeness (QED) is 0.524. The van der Waals surface area contributed by atoms with Crippen LogP contribution in [0.15, 0.2) is 29.2 Å². The van der Waals surface area contributed by atoms with Gasteiger partial charge in [0.25, 0.3) is 0 Å². The molecule has 30 heavy (non-hydrogen) atoms. The first-order valence-electron chi connectivity index (χ1n) is 8.66. The van der Waals surface area contributed by atoms with Crippen molar-refractivity contribution in [3.8, 4) is 5.69 Å². The van der Waals surface area contributed by atoms with Crippen molar-refractivity contribution < 1.29 is 18.7 Å². The number of hydrogen-bond donors (Lipinski definition) is 3. The van der Waals surface area contributed by atoms with Crippen molar-refractivity contribution >= 4 is 51.4 Å². The van der Waals surface area contributed by atoms with E-state index in [1.807, 2.05) is 0 Å². The number of rotatable bonds is 3. The number of pyridine rings is 1. The van der Waals surface area contributed by atoms with Gasteiger partial charge in [-0.15, -0.1) is 0 Å². The molecule has 1 aliphatic rings. The Morgan fingerprint density at radius 2 is 1.83 bits per heavy atom. The maximum Gasteiger partial charge on any atom is 0.341 e. The van der Waals surface area contributed by atoms with E-state index in [0.29, 0.717) is 13.1 Å². The van der Waals surface area contributed by atoms with E-state index in [2.05, 4.69) is 0 Å². The molecule has 1 aliphatic heterocycles. The fourth-order valence-electron chi connectivity index (χ4n) is 3.47. The molecule has 0 aliphatic carbocycles. The van der Waals surface area contributed by atoms with Crippen molar-refractivity contribution in [3.63, 3.8) is 0 Å². The normalized spacial score (nSPS) is 14.2. The molecule has 0 radical (unpaired) electrons. The number of anilines is 2. The fraction of sp³-hybridized carbons (Fsp3) is 0.158. The minimum atomic E-state index is -1.53. The van der Waals surface area contributed by atoms with Gasteiger partial charge in [0.2, 0.25) is 5.43 Å². The maximum absolute atomic E-state index is 14.9. The molecule has 11 heteroatoms. The second-order valence-electron chi connectivity index (χ2n) is 6.95. The van der Waals surface area contributed by atoms with Gasteiger partial charge in [-0.2, -0.15) is 0 Å². The Morgan fingerprint density at radius 3 is 2.43 bits per heavy atom. The zero-order chi connectivity index (χ0) is 21.9. The monoisotopic (exact) mass is 454 g/mol. The summed E-state index contributed by atoms with van der Waals surface area (Å²) in [6, 6.07) is 2.89. The molecule has 2 aromatic carbocycles. The molecule has 4 rings (SSSR count). The van der Waals surface area contributed by atoms with Gasteiger partial charge in [-0.05, 0) is 18.2 Å². The van der Waals surface area contributed by atoms with Crippen molar-refractivity contribution in [2.75, 3.05) is 23.7 Å². The lowest BCUT2D eigenvalue weighted by Crippen LogP contribution is -2.56. The lowest BCUT2D eigenvalue weighted by Gasteiger charge is -2.39. The average Bonchev–Trinajstić information content (AvgIpc) is 2.64. The van der Waals surface area contributed by atoms with Crippen LogP contribution in [0.3, 0.4) is 0 Å². The van der Waals surface area contributed by atoms with Crippen LogP contribution in [-0.2, 0) is 0 Å². The zero-order valence-electron chi connectivity index (χ0n) is 15.1. The lowest BCUT2D eigenvalue weighted by atomic mass is 10.0. The summed E-state index contributed by atoms with van der Waals surface area (Å²) in [6.45, 7) is 0.702.